The first-order chi connectivity index (χ1) is 12.2. The number of anilines is 2. The Bertz CT molecular complexity index is 562. The van der Waals surface area contributed by atoms with Gasteiger partial charge in [-0.3, -0.25) is 4.79 Å². The number of ether oxygens (including phenoxy) is 2. The molecule has 0 radical (unpaired) electrons. The van der Waals surface area contributed by atoms with E-state index in [1.54, 1.807) is 0 Å². The van der Waals surface area contributed by atoms with Crippen LogP contribution in [0.25, 0.3) is 0 Å². The smallest absolute Gasteiger partial charge is 0.305 e. The van der Waals surface area contributed by atoms with Crippen LogP contribution in [0, 0.1) is 0 Å². The van der Waals surface area contributed by atoms with Crippen molar-refractivity contribution in [3.05, 3.63) is 24.3 Å². The second-order valence-electron chi connectivity index (χ2n) is 5.88. The molecule has 0 aromatic heterocycles. The lowest BCUT2D eigenvalue weighted by molar-refractivity contribution is -0.140. The van der Waals surface area contributed by atoms with Crippen molar-refractivity contribution in [2.75, 3.05) is 50.2 Å². The molecule has 1 heterocycles. The fourth-order valence-electron chi connectivity index (χ4n) is 2.70. The maximum absolute atomic E-state index is 11.0. The van der Waals surface area contributed by atoms with E-state index in [9.17, 15) is 4.79 Å². The maximum Gasteiger partial charge on any atom is 0.305 e. The summed E-state index contributed by atoms with van der Waals surface area (Å²) in [6.45, 7) is 4.07. The molecule has 0 unspecified atom stereocenters. The Morgan fingerprint density at radius 1 is 1.24 bits per heavy atom. The molecule has 1 aromatic carbocycles. The number of unbranched alkanes of at least 4 members (excludes halogenated alkanes) is 2. The standard InChI is InChI=1S/C18H27N3O3S/c1-23-17(22)9-3-2-6-10-19-18(25)20-15-7-4-5-8-16(15)21-11-13-24-14-12-21/h4-5,7-8H,2-3,6,9-14H2,1H3,(H2,19,20,25). The van der Waals surface area contributed by atoms with E-state index >= 15 is 0 Å². The highest BCUT2D eigenvalue weighted by molar-refractivity contribution is 7.80. The van der Waals surface area contributed by atoms with Gasteiger partial charge in [-0.25, -0.2) is 0 Å². The summed E-state index contributed by atoms with van der Waals surface area (Å²) in [5.41, 5.74) is 2.15. The van der Waals surface area contributed by atoms with Crippen molar-refractivity contribution >= 4 is 34.7 Å². The molecule has 0 bridgehead atoms. The lowest BCUT2D eigenvalue weighted by atomic mass is 10.2. The van der Waals surface area contributed by atoms with Gasteiger partial charge in [0.2, 0.25) is 0 Å². The Hall–Kier alpha value is -1.86. The van der Waals surface area contributed by atoms with E-state index in [-0.39, 0.29) is 5.97 Å². The third kappa shape index (κ3) is 6.88. The normalized spacial score (nSPS) is 14.0. The molecule has 138 valence electrons. The van der Waals surface area contributed by atoms with E-state index in [1.807, 2.05) is 18.2 Å². The van der Waals surface area contributed by atoms with Crippen LogP contribution in [0.3, 0.4) is 0 Å². The summed E-state index contributed by atoms with van der Waals surface area (Å²) in [7, 11) is 1.42. The van der Waals surface area contributed by atoms with Gasteiger partial charge >= 0.3 is 5.97 Å². The molecule has 7 heteroatoms. The van der Waals surface area contributed by atoms with E-state index in [1.165, 1.54) is 7.11 Å². The van der Waals surface area contributed by atoms with Gasteiger partial charge in [0.05, 0.1) is 31.7 Å². The van der Waals surface area contributed by atoms with Crippen molar-refractivity contribution in [1.29, 1.82) is 0 Å². The van der Waals surface area contributed by atoms with Gasteiger partial charge < -0.3 is 25.0 Å². The molecule has 6 nitrogen and oxygen atoms in total. The van der Waals surface area contributed by atoms with Crippen molar-refractivity contribution < 1.29 is 14.3 Å². The monoisotopic (exact) mass is 365 g/mol. The second-order valence-corrected chi connectivity index (χ2v) is 6.29. The molecule has 1 saturated heterocycles. The number of thiocarbonyl (C=S) groups is 1. The first-order valence-corrected chi connectivity index (χ1v) is 9.15. The quantitative estimate of drug-likeness (QED) is 0.417. The third-order valence-electron chi connectivity index (χ3n) is 4.07. The van der Waals surface area contributed by atoms with Crippen LogP contribution in [0.1, 0.15) is 25.7 Å². The van der Waals surface area contributed by atoms with Crippen LogP contribution in [0.15, 0.2) is 24.3 Å². The molecular weight excluding hydrogens is 338 g/mol. The van der Waals surface area contributed by atoms with E-state index in [0.29, 0.717) is 11.5 Å². The fraction of sp³-hybridized carbons (Fsp3) is 0.556. The van der Waals surface area contributed by atoms with Gasteiger partial charge in [0.25, 0.3) is 0 Å². The minimum Gasteiger partial charge on any atom is -0.469 e. The molecule has 1 aromatic rings. The van der Waals surface area contributed by atoms with E-state index < -0.39 is 0 Å². The van der Waals surface area contributed by atoms with Crippen LogP contribution in [-0.2, 0) is 14.3 Å². The number of carbonyl (C=O) groups excluding carboxylic acids is 1. The Balaban J connectivity index is 1.72. The third-order valence-corrected chi connectivity index (χ3v) is 4.32. The van der Waals surface area contributed by atoms with Gasteiger partial charge in [0.1, 0.15) is 0 Å². The molecule has 0 saturated carbocycles. The van der Waals surface area contributed by atoms with Crippen molar-refractivity contribution in [3.63, 3.8) is 0 Å². The molecule has 0 atom stereocenters. The van der Waals surface area contributed by atoms with Crippen molar-refractivity contribution in [2.24, 2.45) is 0 Å². The number of hydrogen-bond donors (Lipinski definition) is 2. The van der Waals surface area contributed by atoms with Crippen LogP contribution in [0.4, 0.5) is 11.4 Å². The SMILES string of the molecule is COC(=O)CCCCCNC(=S)Nc1ccccc1N1CCOCC1. The topological polar surface area (TPSA) is 62.8 Å². The van der Waals surface area contributed by atoms with Crippen molar-refractivity contribution in [3.8, 4) is 0 Å². The molecule has 2 rings (SSSR count). The number of esters is 1. The minimum absolute atomic E-state index is 0.148. The number of benzene rings is 1. The summed E-state index contributed by atoms with van der Waals surface area (Å²) in [6.07, 6.45) is 3.25. The summed E-state index contributed by atoms with van der Waals surface area (Å²) >= 11 is 5.40. The summed E-state index contributed by atoms with van der Waals surface area (Å²) in [6, 6.07) is 8.17. The molecule has 1 aliphatic rings. The lowest BCUT2D eigenvalue weighted by Gasteiger charge is -2.30. The Morgan fingerprint density at radius 2 is 2.00 bits per heavy atom. The zero-order valence-electron chi connectivity index (χ0n) is 14.8. The van der Waals surface area contributed by atoms with Gasteiger partial charge in [-0.05, 0) is 37.2 Å². The highest BCUT2D eigenvalue weighted by atomic mass is 32.1. The molecule has 1 fully saturated rings. The Kier molecular flexibility index (Phi) is 8.48. The van der Waals surface area contributed by atoms with Gasteiger partial charge in [-0.2, -0.15) is 0 Å². The summed E-state index contributed by atoms with van der Waals surface area (Å²) < 4.78 is 10.0. The van der Waals surface area contributed by atoms with Crippen LogP contribution in [0.5, 0.6) is 0 Å². The predicted octanol–water partition coefficient (Wildman–Crippen LogP) is 2.54. The second kappa shape index (κ2) is 10.9. The zero-order chi connectivity index (χ0) is 17.9. The van der Waals surface area contributed by atoms with Crippen LogP contribution in [-0.4, -0.2) is 51.0 Å². The first-order valence-electron chi connectivity index (χ1n) is 8.74. The number of rotatable bonds is 8. The molecule has 0 aliphatic carbocycles. The zero-order valence-corrected chi connectivity index (χ0v) is 15.6. The van der Waals surface area contributed by atoms with Gasteiger partial charge in [-0.15, -0.1) is 0 Å². The van der Waals surface area contributed by atoms with Crippen LogP contribution in [0.2, 0.25) is 0 Å². The van der Waals surface area contributed by atoms with E-state index in [4.69, 9.17) is 17.0 Å². The summed E-state index contributed by atoms with van der Waals surface area (Å²) in [4.78, 5) is 13.3. The number of nitrogens with one attached hydrogen (secondary N) is 2. The number of hydrogen-bond acceptors (Lipinski definition) is 5. The summed E-state index contributed by atoms with van der Waals surface area (Å²) in [5, 5.41) is 7.13. The van der Waals surface area contributed by atoms with Crippen LogP contribution >= 0.6 is 12.2 Å². The summed E-state index contributed by atoms with van der Waals surface area (Å²) in [5.74, 6) is -0.148. The van der Waals surface area contributed by atoms with Crippen molar-refractivity contribution in [1.82, 2.24) is 5.32 Å². The fourth-order valence-corrected chi connectivity index (χ4v) is 2.91. The molecular formula is C18H27N3O3S. The highest BCUT2D eigenvalue weighted by Gasteiger charge is 2.14. The van der Waals surface area contributed by atoms with Gasteiger partial charge in [0.15, 0.2) is 5.11 Å². The Morgan fingerprint density at radius 3 is 2.76 bits per heavy atom. The van der Waals surface area contributed by atoms with E-state index in [2.05, 4.69) is 26.3 Å². The maximum atomic E-state index is 11.0. The number of para-hydroxylation sites is 2. The predicted molar refractivity (Wildman–Crippen MR) is 104 cm³/mol. The van der Waals surface area contributed by atoms with Gasteiger partial charge in [-0.1, -0.05) is 18.6 Å². The van der Waals surface area contributed by atoms with Crippen molar-refractivity contribution in [2.45, 2.75) is 25.7 Å². The average Bonchev–Trinajstić information content (AvgIpc) is 2.65. The first kappa shape index (κ1) is 19.5. The number of nitrogens with zero attached hydrogens (tertiary/aromatic N) is 1. The largest absolute Gasteiger partial charge is 0.469 e. The molecule has 0 spiro atoms. The molecule has 2 N–H and O–H groups in total. The van der Waals surface area contributed by atoms with E-state index in [0.717, 1.165) is 63.5 Å². The molecule has 25 heavy (non-hydrogen) atoms. The molecule has 1 aliphatic heterocycles. The highest BCUT2D eigenvalue weighted by Crippen LogP contribution is 2.26. The Labute approximate surface area is 154 Å². The number of morpholine rings is 1. The lowest BCUT2D eigenvalue weighted by Crippen LogP contribution is -2.37. The number of methoxy groups -OCH3 is 1. The van der Waals surface area contributed by atoms with Crippen LogP contribution < -0.4 is 15.5 Å². The molecule has 0 amide bonds. The van der Waals surface area contributed by atoms with Gasteiger partial charge in [0, 0.05) is 26.1 Å². The number of carbonyl (C=O) groups is 1. The minimum atomic E-state index is -0.148. The average molecular weight is 365 g/mol.